The smallest absolute Gasteiger partial charge is 0.235 e. The Labute approximate surface area is 145 Å². The minimum Gasteiger partial charge on any atom is -0.396 e. The van der Waals surface area contributed by atoms with Crippen LogP contribution in [0.3, 0.4) is 0 Å². The first-order valence-corrected chi connectivity index (χ1v) is 9.34. The molecule has 3 rings (SSSR count). The molecule has 3 N–H and O–H groups in total. The van der Waals surface area contributed by atoms with Gasteiger partial charge in [-0.05, 0) is 50.2 Å². The summed E-state index contributed by atoms with van der Waals surface area (Å²) >= 11 is 0. The number of hydrogen-bond acceptors (Lipinski definition) is 3. The lowest BCUT2D eigenvalue weighted by Gasteiger charge is -2.38. The molecular formula is C20H30N2O2. The third kappa shape index (κ3) is 2.86. The van der Waals surface area contributed by atoms with Gasteiger partial charge in [0.1, 0.15) is 0 Å². The highest BCUT2D eigenvalue weighted by atomic mass is 16.3. The predicted molar refractivity (Wildman–Crippen MR) is 97.1 cm³/mol. The molecule has 1 heterocycles. The van der Waals surface area contributed by atoms with Crippen LogP contribution < -0.4 is 10.6 Å². The Morgan fingerprint density at radius 3 is 2.54 bits per heavy atom. The molecule has 1 aromatic carbocycles. The number of aliphatic hydroxyl groups excluding tert-OH is 1. The highest BCUT2D eigenvalue weighted by Crippen LogP contribution is 2.47. The van der Waals surface area contributed by atoms with E-state index in [0.29, 0.717) is 6.04 Å². The van der Waals surface area contributed by atoms with Crippen molar-refractivity contribution in [2.24, 2.45) is 5.41 Å². The maximum Gasteiger partial charge on any atom is 0.235 e. The Kier molecular flexibility index (Phi) is 4.97. The number of fused-ring (bicyclic) bond motifs is 2. The van der Waals surface area contributed by atoms with Gasteiger partial charge in [0.25, 0.3) is 0 Å². The third-order valence-electron chi connectivity index (χ3n) is 6.57. The maximum absolute atomic E-state index is 12.6. The molecule has 1 amide bonds. The van der Waals surface area contributed by atoms with Crippen LogP contribution in [0.25, 0.3) is 0 Å². The SMILES string of the molecule is CCC(CC)(CO)CNC1CCC2(CC1)C(=O)Nc1ccccc12. The molecule has 24 heavy (non-hydrogen) atoms. The zero-order chi connectivity index (χ0) is 17.2. The van der Waals surface area contributed by atoms with Crippen molar-refractivity contribution in [2.75, 3.05) is 18.5 Å². The molecule has 1 aromatic rings. The fraction of sp³-hybridized carbons (Fsp3) is 0.650. The van der Waals surface area contributed by atoms with E-state index in [4.69, 9.17) is 0 Å². The molecule has 1 aliphatic carbocycles. The van der Waals surface area contributed by atoms with E-state index in [1.807, 2.05) is 18.2 Å². The molecule has 1 fully saturated rings. The Morgan fingerprint density at radius 1 is 1.25 bits per heavy atom. The van der Waals surface area contributed by atoms with Crippen molar-refractivity contribution in [1.82, 2.24) is 5.32 Å². The monoisotopic (exact) mass is 330 g/mol. The van der Waals surface area contributed by atoms with Crippen LogP contribution in [0.1, 0.15) is 57.9 Å². The number of nitrogens with one attached hydrogen (secondary N) is 2. The van der Waals surface area contributed by atoms with Crippen LogP contribution in [0.5, 0.6) is 0 Å². The number of aliphatic hydroxyl groups is 1. The lowest BCUT2D eigenvalue weighted by Crippen LogP contribution is -2.46. The second-order valence-corrected chi connectivity index (χ2v) is 7.60. The van der Waals surface area contributed by atoms with Crippen LogP contribution in [0.15, 0.2) is 24.3 Å². The average molecular weight is 330 g/mol. The van der Waals surface area contributed by atoms with Crippen molar-refractivity contribution in [3.63, 3.8) is 0 Å². The second-order valence-electron chi connectivity index (χ2n) is 7.60. The number of carbonyl (C=O) groups excluding carboxylic acids is 1. The Morgan fingerprint density at radius 2 is 1.92 bits per heavy atom. The minimum atomic E-state index is -0.321. The summed E-state index contributed by atoms with van der Waals surface area (Å²) in [5.41, 5.74) is 1.84. The number of anilines is 1. The molecule has 0 bridgehead atoms. The van der Waals surface area contributed by atoms with E-state index >= 15 is 0 Å². The molecule has 0 atom stereocenters. The molecule has 0 radical (unpaired) electrons. The van der Waals surface area contributed by atoms with Gasteiger partial charge in [0, 0.05) is 30.3 Å². The van der Waals surface area contributed by atoms with Gasteiger partial charge in [-0.15, -0.1) is 0 Å². The number of rotatable bonds is 6. The lowest BCUT2D eigenvalue weighted by molar-refractivity contribution is -0.122. The van der Waals surface area contributed by atoms with Gasteiger partial charge < -0.3 is 15.7 Å². The summed E-state index contributed by atoms with van der Waals surface area (Å²) in [6.45, 7) is 5.39. The minimum absolute atomic E-state index is 0.00747. The predicted octanol–water partition coefficient (Wildman–Crippen LogP) is 3.21. The van der Waals surface area contributed by atoms with Gasteiger partial charge in [0.05, 0.1) is 5.41 Å². The van der Waals surface area contributed by atoms with E-state index in [0.717, 1.165) is 50.8 Å². The van der Waals surface area contributed by atoms with Crippen molar-refractivity contribution in [1.29, 1.82) is 0 Å². The normalized spacial score (nSPS) is 26.5. The van der Waals surface area contributed by atoms with Gasteiger partial charge in [0.15, 0.2) is 0 Å². The molecule has 1 spiro atoms. The fourth-order valence-electron chi connectivity index (χ4n) is 4.33. The third-order valence-corrected chi connectivity index (χ3v) is 6.57. The number of hydrogen-bond donors (Lipinski definition) is 3. The van der Waals surface area contributed by atoms with Crippen molar-refractivity contribution in [2.45, 2.75) is 63.8 Å². The number of para-hydroxylation sites is 1. The van der Waals surface area contributed by atoms with Crippen molar-refractivity contribution >= 4 is 11.6 Å². The quantitative estimate of drug-likeness (QED) is 0.750. The maximum atomic E-state index is 12.6. The van der Waals surface area contributed by atoms with Crippen LogP contribution in [0.2, 0.25) is 0 Å². The van der Waals surface area contributed by atoms with Crippen molar-refractivity contribution in [3.05, 3.63) is 29.8 Å². The Balaban J connectivity index is 1.63. The summed E-state index contributed by atoms with van der Waals surface area (Å²) in [4.78, 5) is 12.6. The van der Waals surface area contributed by atoms with E-state index in [1.54, 1.807) is 0 Å². The van der Waals surface area contributed by atoms with Crippen molar-refractivity contribution < 1.29 is 9.90 Å². The Bertz CT molecular complexity index is 579. The molecular weight excluding hydrogens is 300 g/mol. The largest absolute Gasteiger partial charge is 0.396 e. The zero-order valence-corrected chi connectivity index (χ0v) is 14.9. The summed E-state index contributed by atoms with van der Waals surface area (Å²) < 4.78 is 0. The van der Waals surface area contributed by atoms with Crippen LogP contribution in [0, 0.1) is 5.41 Å². The van der Waals surface area contributed by atoms with Crippen LogP contribution in [-0.2, 0) is 10.2 Å². The first-order valence-electron chi connectivity index (χ1n) is 9.34. The second kappa shape index (κ2) is 6.85. The van der Waals surface area contributed by atoms with E-state index < -0.39 is 0 Å². The first kappa shape index (κ1) is 17.4. The van der Waals surface area contributed by atoms with Gasteiger partial charge in [-0.3, -0.25) is 4.79 Å². The fourth-order valence-corrected chi connectivity index (χ4v) is 4.33. The number of carbonyl (C=O) groups is 1. The van der Waals surface area contributed by atoms with E-state index in [9.17, 15) is 9.90 Å². The summed E-state index contributed by atoms with van der Waals surface area (Å²) in [6.07, 6.45) is 5.79. The summed E-state index contributed by atoms with van der Waals surface area (Å²) in [5.74, 6) is 0.175. The van der Waals surface area contributed by atoms with Crippen molar-refractivity contribution in [3.8, 4) is 0 Å². The standard InChI is InChI=1S/C20H30N2O2/c1-3-19(4-2,14-23)13-21-15-9-11-20(12-10-15)16-7-5-6-8-17(16)22-18(20)24/h5-8,15,21,23H,3-4,9-14H2,1-2H3,(H,22,24). The van der Waals surface area contributed by atoms with Gasteiger partial charge >= 0.3 is 0 Å². The molecule has 4 heteroatoms. The van der Waals surface area contributed by atoms with Crippen LogP contribution >= 0.6 is 0 Å². The van der Waals surface area contributed by atoms with Gasteiger partial charge in [-0.25, -0.2) is 0 Å². The topological polar surface area (TPSA) is 61.4 Å². The summed E-state index contributed by atoms with van der Waals surface area (Å²) in [6, 6.07) is 8.56. The van der Waals surface area contributed by atoms with Gasteiger partial charge in [-0.2, -0.15) is 0 Å². The molecule has 1 aliphatic heterocycles. The van der Waals surface area contributed by atoms with Gasteiger partial charge in [0.2, 0.25) is 5.91 Å². The molecule has 0 saturated heterocycles. The first-order chi connectivity index (χ1) is 11.6. The van der Waals surface area contributed by atoms with E-state index in [1.165, 1.54) is 5.56 Å². The summed E-state index contributed by atoms with van der Waals surface area (Å²) in [5, 5.41) is 16.5. The molecule has 2 aliphatic rings. The van der Waals surface area contributed by atoms with Crippen LogP contribution in [0.4, 0.5) is 5.69 Å². The Hall–Kier alpha value is -1.39. The average Bonchev–Trinajstić information content (AvgIpc) is 2.90. The molecule has 1 saturated carbocycles. The van der Waals surface area contributed by atoms with Gasteiger partial charge in [-0.1, -0.05) is 32.0 Å². The lowest BCUT2D eigenvalue weighted by atomic mass is 9.68. The zero-order valence-electron chi connectivity index (χ0n) is 14.9. The van der Waals surface area contributed by atoms with Crippen LogP contribution in [-0.4, -0.2) is 30.2 Å². The van der Waals surface area contributed by atoms with E-state index in [-0.39, 0.29) is 23.3 Å². The molecule has 0 unspecified atom stereocenters. The molecule has 4 nitrogen and oxygen atoms in total. The highest BCUT2D eigenvalue weighted by molar-refractivity contribution is 6.06. The number of amides is 1. The number of benzene rings is 1. The molecule has 0 aromatic heterocycles. The van der Waals surface area contributed by atoms with E-state index in [2.05, 4.69) is 30.5 Å². The highest BCUT2D eigenvalue weighted by Gasteiger charge is 2.48. The summed E-state index contributed by atoms with van der Waals surface area (Å²) in [7, 11) is 0. The molecule has 132 valence electrons.